The Labute approximate surface area is 80.9 Å². The maximum atomic E-state index is 9.18. The number of nitrogens with zero attached hydrogens (tertiary/aromatic N) is 1. The second-order valence-electron chi connectivity index (χ2n) is 4.22. The highest BCUT2D eigenvalue weighted by atomic mass is 16.5. The summed E-state index contributed by atoms with van der Waals surface area (Å²) in [7, 11) is 0. The van der Waals surface area contributed by atoms with Crippen LogP contribution in [0.1, 0.15) is 39.5 Å². The zero-order valence-electron chi connectivity index (χ0n) is 8.68. The minimum atomic E-state index is -0.0757. The van der Waals surface area contributed by atoms with E-state index in [1.807, 2.05) is 0 Å². The van der Waals surface area contributed by atoms with E-state index in [0.717, 1.165) is 32.5 Å². The molecule has 0 N–H and O–H groups in total. The Kier molecular flexibility index (Phi) is 3.74. The molecule has 0 amide bonds. The molecule has 1 rings (SSSR count). The van der Waals surface area contributed by atoms with Crippen molar-refractivity contribution in [2.45, 2.75) is 39.5 Å². The summed E-state index contributed by atoms with van der Waals surface area (Å²) >= 11 is 0. The van der Waals surface area contributed by atoms with E-state index < -0.39 is 0 Å². The largest absolute Gasteiger partial charge is 0.381 e. The lowest BCUT2D eigenvalue weighted by Crippen LogP contribution is -2.29. The van der Waals surface area contributed by atoms with Gasteiger partial charge in [0.2, 0.25) is 0 Å². The van der Waals surface area contributed by atoms with Crippen molar-refractivity contribution >= 4 is 0 Å². The third-order valence-corrected chi connectivity index (χ3v) is 3.12. The lowest BCUT2D eigenvalue weighted by atomic mass is 9.74. The van der Waals surface area contributed by atoms with Gasteiger partial charge in [0.25, 0.3) is 0 Å². The van der Waals surface area contributed by atoms with E-state index in [4.69, 9.17) is 4.74 Å². The fourth-order valence-corrected chi connectivity index (χ4v) is 1.94. The maximum absolute atomic E-state index is 9.18. The maximum Gasteiger partial charge on any atom is 0.0691 e. The van der Waals surface area contributed by atoms with E-state index in [9.17, 15) is 5.26 Å². The van der Waals surface area contributed by atoms with Crippen LogP contribution in [0.4, 0.5) is 0 Å². The normalized spacial score (nSPS) is 23.5. The highest BCUT2D eigenvalue weighted by Gasteiger charge is 2.33. The first kappa shape index (κ1) is 10.5. The number of nitriles is 1. The Balaban J connectivity index is 2.53. The topological polar surface area (TPSA) is 33.0 Å². The van der Waals surface area contributed by atoms with Gasteiger partial charge in [0.1, 0.15) is 0 Å². The first-order valence-electron chi connectivity index (χ1n) is 5.21. The zero-order chi connectivity index (χ0) is 9.73. The quantitative estimate of drug-likeness (QED) is 0.670. The molecule has 0 aromatic rings. The zero-order valence-corrected chi connectivity index (χ0v) is 8.68. The molecule has 1 heterocycles. The Morgan fingerprint density at radius 2 is 2.08 bits per heavy atom. The van der Waals surface area contributed by atoms with Crippen LogP contribution >= 0.6 is 0 Å². The smallest absolute Gasteiger partial charge is 0.0691 e. The van der Waals surface area contributed by atoms with Crippen LogP contribution in [0, 0.1) is 22.7 Å². The first-order valence-corrected chi connectivity index (χ1v) is 5.21. The van der Waals surface area contributed by atoms with Crippen molar-refractivity contribution in [1.29, 1.82) is 5.26 Å². The van der Waals surface area contributed by atoms with Crippen LogP contribution in [0.25, 0.3) is 0 Å². The third kappa shape index (κ3) is 2.70. The molecule has 1 saturated heterocycles. The summed E-state index contributed by atoms with van der Waals surface area (Å²) < 4.78 is 5.29. The van der Waals surface area contributed by atoms with Gasteiger partial charge in [-0.2, -0.15) is 5.26 Å². The molecule has 0 aliphatic carbocycles. The minimum Gasteiger partial charge on any atom is -0.381 e. The molecule has 0 bridgehead atoms. The molecule has 2 nitrogen and oxygen atoms in total. The minimum absolute atomic E-state index is 0.0757. The number of ether oxygens (including phenoxy) is 1. The highest BCUT2D eigenvalue weighted by molar-refractivity contribution is 5.00. The van der Waals surface area contributed by atoms with E-state index >= 15 is 0 Å². The Morgan fingerprint density at radius 3 is 2.54 bits per heavy atom. The molecule has 2 heteroatoms. The lowest BCUT2D eigenvalue weighted by molar-refractivity contribution is 0.0306. The van der Waals surface area contributed by atoms with Crippen LogP contribution in [-0.4, -0.2) is 13.2 Å². The van der Waals surface area contributed by atoms with Crippen LogP contribution in [0.2, 0.25) is 0 Å². The van der Waals surface area contributed by atoms with Crippen molar-refractivity contribution in [2.75, 3.05) is 13.2 Å². The SMILES string of the molecule is CCC(C)CC1(C#N)CCOCC1. The van der Waals surface area contributed by atoms with E-state index in [1.165, 1.54) is 6.42 Å². The molecule has 1 unspecified atom stereocenters. The Bertz CT molecular complexity index is 189. The summed E-state index contributed by atoms with van der Waals surface area (Å²) in [5, 5.41) is 9.18. The van der Waals surface area contributed by atoms with Gasteiger partial charge in [-0.15, -0.1) is 0 Å². The van der Waals surface area contributed by atoms with Gasteiger partial charge in [-0.25, -0.2) is 0 Å². The second-order valence-corrected chi connectivity index (χ2v) is 4.22. The van der Waals surface area contributed by atoms with E-state index in [-0.39, 0.29) is 5.41 Å². The third-order valence-electron chi connectivity index (χ3n) is 3.12. The van der Waals surface area contributed by atoms with Crippen LogP contribution in [-0.2, 0) is 4.74 Å². The summed E-state index contributed by atoms with van der Waals surface area (Å²) in [6, 6.07) is 2.50. The van der Waals surface area contributed by atoms with Crippen LogP contribution in [0.5, 0.6) is 0 Å². The predicted molar refractivity (Wildman–Crippen MR) is 52.2 cm³/mol. The monoisotopic (exact) mass is 181 g/mol. The van der Waals surface area contributed by atoms with Gasteiger partial charge in [0.05, 0.1) is 11.5 Å². The molecular weight excluding hydrogens is 162 g/mol. The van der Waals surface area contributed by atoms with E-state index in [2.05, 4.69) is 19.9 Å². The van der Waals surface area contributed by atoms with Crippen molar-refractivity contribution in [3.8, 4) is 6.07 Å². The van der Waals surface area contributed by atoms with Crippen LogP contribution in [0.3, 0.4) is 0 Å². The van der Waals surface area contributed by atoms with Crippen molar-refractivity contribution < 1.29 is 4.74 Å². The van der Waals surface area contributed by atoms with E-state index in [0.29, 0.717) is 5.92 Å². The van der Waals surface area contributed by atoms with Crippen molar-refractivity contribution in [2.24, 2.45) is 11.3 Å². The standard InChI is InChI=1S/C11H19NO/c1-3-10(2)8-11(9-12)4-6-13-7-5-11/h10H,3-8H2,1-2H3. The van der Waals surface area contributed by atoms with Gasteiger partial charge in [0, 0.05) is 13.2 Å². The molecule has 13 heavy (non-hydrogen) atoms. The van der Waals surface area contributed by atoms with Crippen molar-refractivity contribution in [3.05, 3.63) is 0 Å². The average molecular weight is 181 g/mol. The molecule has 0 spiro atoms. The fourth-order valence-electron chi connectivity index (χ4n) is 1.94. The summed E-state index contributed by atoms with van der Waals surface area (Å²) in [6.45, 7) is 5.96. The van der Waals surface area contributed by atoms with E-state index in [1.54, 1.807) is 0 Å². The molecule has 0 saturated carbocycles. The van der Waals surface area contributed by atoms with Gasteiger partial charge >= 0.3 is 0 Å². The molecule has 0 aromatic heterocycles. The number of hydrogen-bond acceptors (Lipinski definition) is 2. The predicted octanol–water partition coefficient (Wildman–Crippen LogP) is 2.74. The summed E-state index contributed by atoms with van der Waals surface area (Å²) in [5.74, 6) is 0.665. The van der Waals surface area contributed by atoms with Gasteiger partial charge in [0.15, 0.2) is 0 Å². The van der Waals surface area contributed by atoms with Crippen molar-refractivity contribution in [3.63, 3.8) is 0 Å². The molecule has 74 valence electrons. The molecule has 1 aliphatic rings. The second kappa shape index (κ2) is 4.62. The lowest BCUT2D eigenvalue weighted by Gasteiger charge is -2.32. The summed E-state index contributed by atoms with van der Waals surface area (Å²) in [5.41, 5.74) is -0.0757. The summed E-state index contributed by atoms with van der Waals surface area (Å²) in [6.07, 6.45) is 4.06. The Morgan fingerprint density at radius 1 is 1.46 bits per heavy atom. The average Bonchev–Trinajstić information content (AvgIpc) is 2.19. The number of rotatable bonds is 3. The van der Waals surface area contributed by atoms with Crippen molar-refractivity contribution in [1.82, 2.24) is 0 Å². The highest BCUT2D eigenvalue weighted by Crippen LogP contribution is 2.36. The van der Waals surface area contributed by atoms with Gasteiger partial charge in [-0.05, 0) is 25.2 Å². The van der Waals surface area contributed by atoms with Crippen LogP contribution in [0.15, 0.2) is 0 Å². The molecular formula is C11H19NO. The molecule has 0 radical (unpaired) electrons. The van der Waals surface area contributed by atoms with Crippen LogP contribution < -0.4 is 0 Å². The van der Waals surface area contributed by atoms with Gasteiger partial charge < -0.3 is 4.74 Å². The molecule has 1 fully saturated rings. The first-order chi connectivity index (χ1) is 6.22. The molecule has 0 aromatic carbocycles. The van der Waals surface area contributed by atoms with Gasteiger partial charge in [-0.1, -0.05) is 20.3 Å². The molecule has 1 aliphatic heterocycles. The number of hydrogen-bond donors (Lipinski definition) is 0. The van der Waals surface area contributed by atoms with Gasteiger partial charge in [-0.3, -0.25) is 0 Å². The fraction of sp³-hybridized carbons (Fsp3) is 0.909. The molecule has 1 atom stereocenters. The summed E-state index contributed by atoms with van der Waals surface area (Å²) in [4.78, 5) is 0. The Hall–Kier alpha value is -0.550.